The van der Waals surface area contributed by atoms with E-state index in [4.69, 9.17) is 10.5 Å². The molecule has 120 valence electrons. The van der Waals surface area contributed by atoms with Gasteiger partial charge in [0.05, 0.1) is 0 Å². The number of halogens is 3. The lowest BCUT2D eigenvalue weighted by atomic mass is 10.1. The maximum Gasteiger partial charge on any atom is 0.272 e. The molecule has 0 radical (unpaired) electrons. The highest BCUT2D eigenvalue weighted by Crippen LogP contribution is 2.23. The predicted molar refractivity (Wildman–Crippen MR) is 81.4 cm³/mol. The van der Waals surface area contributed by atoms with Crippen molar-refractivity contribution < 1.29 is 18.3 Å². The number of alkyl halides is 2. The molecule has 0 saturated carbocycles. The second-order valence-corrected chi connectivity index (χ2v) is 4.75. The molecule has 0 aliphatic carbocycles. The van der Waals surface area contributed by atoms with Crippen LogP contribution in [-0.2, 0) is 4.79 Å². The number of rotatable bonds is 7. The molecule has 0 aliphatic rings. The average molecular weight is 323 g/mol. The van der Waals surface area contributed by atoms with Crippen molar-refractivity contribution >= 4 is 24.0 Å². The molecule has 1 atom stereocenters. The summed E-state index contributed by atoms with van der Waals surface area (Å²) < 4.78 is 29.3. The van der Waals surface area contributed by atoms with Crippen molar-refractivity contribution in [3.63, 3.8) is 0 Å². The van der Waals surface area contributed by atoms with Crippen molar-refractivity contribution in [2.45, 2.75) is 39.2 Å². The summed E-state index contributed by atoms with van der Waals surface area (Å²) in [5.41, 5.74) is 6.83. The van der Waals surface area contributed by atoms with Gasteiger partial charge in [-0.15, -0.1) is 12.4 Å². The van der Waals surface area contributed by atoms with E-state index in [1.807, 2.05) is 6.92 Å². The summed E-state index contributed by atoms with van der Waals surface area (Å²) in [6.45, 7) is 2.92. The van der Waals surface area contributed by atoms with Gasteiger partial charge < -0.3 is 15.8 Å². The lowest BCUT2D eigenvalue weighted by Crippen LogP contribution is -2.19. The minimum absolute atomic E-state index is 0. The molecule has 1 rings (SSSR count). The minimum Gasteiger partial charge on any atom is -0.487 e. The van der Waals surface area contributed by atoms with Crippen molar-refractivity contribution in [3.05, 3.63) is 23.8 Å². The number of aryl methyl sites for hydroxylation is 1. The molecule has 4 nitrogen and oxygen atoms in total. The molecule has 1 aromatic rings. The minimum atomic E-state index is -2.53. The van der Waals surface area contributed by atoms with E-state index in [9.17, 15) is 13.6 Å². The first kappa shape index (κ1) is 19.6. The van der Waals surface area contributed by atoms with Crippen molar-refractivity contribution in [3.8, 4) is 5.75 Å². The molecule has 1 aromatic carbocycles. The lowest BCUT2D eigenvalue weighted by molar-refractivity contribution is -0.116. The Morgan fingerprint density at radius 1 is 1.43 bits per heavy atom. The number of nitrogens with two attached hydrogens (primary N) is 1. The molecular weight excluding hydrogens is 302 g/mol. The number of hydrogen-bond donors (Lipinski definition) is 2. The lowest BCUT2D eigenvalue weighted by Gasteiger charge is -2.12. The number of anilines is 1. The molecule has 0 aromatic heterocycles. The second-order valence-electron chi connectivity index (χ2n) is 4.75. The van der Waals surface area contributed by atoms with Crippen LogP contribution < -0.4 is 15.8 Å². The fourth-order valence-corrected chi connectivity index (χ4v) is 1.57. The Bertz CT molecular complexity index is 457. The smallest absolute Gasteiger partial charge is 0.272 e. The SMILES string of the molecule is Cc1ccc(NC(=O)CCC(C)N)cc1OCC(F)F.Cl. The average Bonchev–Trinajstić information content (AvgIpc) is 2.37. The van der Waals surface area contributed by atoms with Crippen molar-refractivity contribution in [1.29, 1.82) is 0 Å². The molecule has 0 heterocycles. The van der Waals surface area contributed by atoms with Gasteiger partial charge in [0.25, 0.3) is 6.43 Å². The van der Waals surface area contributed by atoms with Crippen LogP contribution in [0.15, 0.2) is 18.2 Å². The van der Waals surface area contributed by atoms with Gasteiger partial charge in [0.1, 0.15) is 12.4 Å². The van der Waals surface area contributed by atoms with Gasteiger partial charge in [-0.1, -0.05) is 6.07 Å². The van der Waals surface area contributed by atoms with E-state index in [-0.39, 0.29) is 24.4 Å². The van der Waals surface area contributed by atoms with Crippen molar-refractivity contribution in [2.75, 3.05) is 11.9 Å². The number of amides is 1. The van der Waals surface area contributed by atoms with E-state index in [0.717, 1.165) is 5.56 Å². The molecule has 1 unspecified atom stereocenters. The van der Waals surface area contributed by atoms with Gasteiger partial charge in [-0.3, -0.25) is 4.79 Å². The summed E-state index contributed by atoms with van der Waals surface area (Å²) in [6.07, 6.45) is -1.62. The van der Waals surface area contributed by atoms with Gasteiger partial charge in [0, 0.05) is 24.2 Å². The van der Waals surface area contributed by atoms with E-state index >= 15 is 0 Å². The number of hydrogen-bond acceptors (Lipinski definition) is 3. The first-order chi connectivity index (χ1) is 9.38. The Morgan fingerprint density at radius 3 is 2.67 bits per heavy atom. The zero-order valence-corrected chi connectivity index (χ0v) is 12.9. The number of carbonyl (C=O) groups is 1. The number of nitrogens with one attached hydrogen (secondary N) is 1. The van der Waals surface area contributed by atoms with E-state index in [1.54, 1.807) is 25.1 Å². The Balaban J connectivity index is 0.00000400. The van der Waals surface area contributed by atoms with E-state index in [1.165, 1.54) is 0 Å². The Kier molecular flexibility index (Phi) is 8.89. The van der Waals surface area contributed by atoms with Gasteiger partial charge >= 0.3 is 0 Å². The summed E-state index contributed by atoms with van der Waals surface area (Å²) in [6, 6.07) is 4.92. The molecule has 3 N–H and O–H groups in total. The van der Waals surface area contributed by atoms with Gasteiger partial charge in [-0.2, -0.15) is 0 Å². The molecule has 7 heteroatoms. The van der Waals surface area contributed by atoms with Crippen LogP contribution >= 0.6 is 12.4 Å². The van der Waals surface area contributed by atoms with Crippen LogP contribution in [0.25, 0.3) is 0 Å². The Labute approximate surface area is 129 Å². The largest absolute Gasteiger partial charge is 0.487 e. The summed E-state index contributed by atoms with van der Waals surface area (Å²) in [7, 11) is 0. The first-order valence-electron chi connectivity index (χ1n) is 6.45. The molecule has 21 heavy (non-hydrogen) atoms. The molecule has 0 saturated heterocycles. The number of ether oxygens (including phenoxy) is 1. The maximum atomic E-state index is 12.1. The molecule has 0 aliphatic heterocycles. The van der Waals surface area contributed by atoms with Crippen molar-refractivity contribution in [1.82, 2.24) is 0 Å². The van der Waals surface area contributed by atoms with Crippen LogP contribution in [0.1, 0.15) is 25.3 Å². The third-order valence-electron chi connectivity index (χ3n) is 2.66. The molecule has 1 amide bonds. The van der Waals surface area contributed by atoms with Crippen LogP contribution in [0.2, 0.25) is 0 Å². The zero-order chi connectivity index (χ0) is 15.1. The Morgan fingerprint density at radius 2 is 2.10 bits per heavy atom. The topological polar surface area (TPSA) is 64.4 Å². The van der Waals surface area contributed by atoms with Gasteiger partial charge in [-0.25, -0.2) is 8.78 Å². The fourth-order valence-electron chi connectivity index (χ4n) is 1.57. The summed E-state index contributed by atoms with van der Waals surface area (Å²) >= 11 is 0. The molecule has 0 fully saturated rings. The highest BCUT2D eigenvalue weighted by atomic mass is 35.5. The third-order valence-corrected chi connectivity index (χ3v) is 2.66. The summed E-state index contributed by atoms with van der Waals surface area (Å²) in [5, 5.41) is 2.69. The quantitative estimate of drug-likeness (QED) is 0.810. The zero-order valence-electron chi connectivity index (χ0n) is 12.1. The number of benzene rings is 1. The van der Waals surface area contributed by atoms with E-state index in [2.05, 4.69) is 5.32 Å². The summed E-state index contributed by atoms with van der Waals surface area (Å²) in [5.74, 6) is 0.182. The molecular formula is C14H21ClF2N2O2. The van der Waals surface area contributed by atoms with Crippen LogP contribution in [0.5, 0.6) is 5.75 Å². The van der Waals surface area contributed by atoms with Crippen LogP contribution in [0.3, 0.4) is 0 Å². The summed E-state index contributed by atoms with van der Waals surface area (Å²) in [4.78, 5) is 11.7. The highest BCUT2D eigenvalue weighted by Gasteiger charge is 2.09. The van der Waals surface area contributed by atoms with Crippen molar-refractivity contribution in [2.24, 2.45) is 5.73 Å². The van der Waals surface area contributed by atoms with Crippen LogP contribution in [0.4, 0.5) is 14.5 Å². The van der Waals surface area contributed by atoms with Gasteiger partial charge in [-0.05, 0) is 31.9 Å². The standard InChI is InChI=1S/C14H20F2N2O2.ClH/c1-9-3-5-11(7-12(9)20-8-13(15)16)18-14(19)6-4-10(2)17;/h3,5,7,10,13H,4,6,8,17H2,1-2H3,(H,18,19);1H. The second kappa shape index (κ2) is 9.52. The normalized spacial score (nSPS) is 11.7. The van der Waals surface area contributed by atoms with Gasteiger partial charge in [0.15, 0.2) is 0 Å². The molecule has 0 spiro atoms. The number of carbonyl (C=O) groups excluding carboxylic acids is 1. The van der Waals surface area contributed by atoms with Crippen LogP contribution in [0, 0.1) is 6.92 Å². The highest BCUT2D eigenvalue weighted by molar-refractivity contribution is 5.90. The monoisotopic (exact) mass is 322 g/mol. The van der Waals surface area contributed by atoms with E-state index in [0.29, 0.717) is 24.3 Å². The van der Waals surface area contributed by atoms with Crippen LogP contribution in [-0.4, -0.2) is 25.0 Å². The molecule has 0 bridgehead atoms. The first-order valence-corrected chi connectivity index (χ1v) is 6.45. The predicted octanol–water partition coefficient (Wildman–Crippen LogP) is 3.13. The van der Waals surface area contributed by atoms with E-state index < -0.39 is 13.0 Å². The maximum absolute atomic E-state index is 12.1. The third kappa shape index (κ3) is 7.82. The van der Waals surface area contributed by atoms with Gasteiger partial charge in [0.2, 0.25) is 5.91 Å². The fraction of sp³-hybridized carbons (Fsp3) is 0.500. The Hall–Kier alpha value is -1.40.